The van der Waals surface area contributed by atoms with Crippen LogP contribution in [0.3, 0.4) is 0 Å². The van der Waals surface area contributed by atoms with E-state index in [1.807, 2.05) is 6.92 Å². The number of ether oxygens (including phenoxy) is 3. The molecule has 112 valence electrons. The topological polar surface area (TPSA) is 48.1 Å². The Hall–Kier alpha value is -0.870. The molecule has 0 bridgehead atoms. The van der Waals surface area contributed by atoms with E-state index in [0.29, 0.717) is 0 Å². The van der Waals surface area contributed by atoms with Gasteiger partial charge in [-0.05, 0) is 33.1 Å². The number of methoxy groups -OCH3 is 1. The molecule has 0 radical (unpaired) electrons. The van der Waals surface area contributed by atoms with Gasteiger partial charge >= 0.3 is 5.97 Å². The Morgan fingerprint density at radius 3 is 2.90 bits per heavy atom. The molecule has 4 nitrogen and oxygen atoms in total. The van der Waals surface area contributed by atoms with E-state index in [0.717, 1.165) is 19.3 Å². The molecule has 0 spiro atoms. The van der Waals surface area contributed by atoms with Crippen molar-refractivity contribution in [3.05, 3.63) is 11.6 Å². The summed E-state index contributed by atoms with van der Waals surface area (Å²) >= 11 is 0. The van der Waals surface area contributed by atoms with Crippen LogP contribution >= 0.6 is 0 Å². The van der Waals surface area contributed by atoms with Crippen molar-refractivity contribution in [2.75, 3.05) is 7.11 Å². The molecule has 4 heteroatoms. The first-order valence-electron chi connectivity index (χ1n) is 7.53. The number of hydrogen-bond acceptors (Lipinski definition) is 4. The fourth-order valence-corrected chi connectivity index (χ4v) is 3.81. The summed E-state index contributed by atoms with van der Waals surface area (Å²) in [6.45, 7) is 6.21. The fraction of sp³-hybridized carbons (Fsp3) is 0.812. The first-order valence-corrected chi connectivity index (χ1v) is 7.53. The zero-order chi connectivity index (χ0) is 14.5. The minimum atomic E-state index is -0.154. The number of rotatable bonds is 1. The normalized spacial score (nSPS) is 50.5. The Labute approximate surface area is 120 Å². The van der Waals surface area contributed by atoms with Crippen molar-refractivity contribution in [1.82, 2.24) is 0 Å². The van der Waals surface area contributed by atoms with Gasteiger partial charge in [-0.2, -0.15) is 0 Å². The Bertz CT molecular complexity index is 444. The summed E-state index contributed by atoms with van der Waals surface area (Å²) in [6, 6.07) is 0. The van der Waals surface area contributed by atoms with Gasteiger partial charge in [0.05, 0.1) is 17.6 Å². The van der Waals surface area contributed by atoms with Crippen molar-refractivity contribution >= 4 is 5.97 Å². The van der Waals surface area contributed by atoms with E-state index in [-0.39, 0.29) is 41.7 Å². The third-order valence-corrected chi connectivity index (χ3v) is 5.21. The number of carbonyl (C=O) groups is 1. The van der Waals surface area contributed by atoms with Crippen molar-refractivity contribution in [1.29, 1.82) is 0 Å². The first-order chi connectivity index (χ1) is 9.46. The average molecular weight is 280 g/mol. The highest BCUT2D eigenvalue weighted by atomic mass is 16.6. The summed E-state index contributed by atoms with van der Waals surface area (Å²) in [5.74, 6) is -0.146. The summed E-state index contributed by atoms with van der Waals surface area (Å²) in [4.78, 5) is 12.0. The van der Waals surface area contributed by atoms with E-state index in [2.05, 4.69) is 19.9 Å². The second kappa shape index (κ2) is 4.85. The van der Waals surface area contributed by atoms with Gasteiger partial charge in [0, 0.05) is 13.0 Å². The third kappa shape index (κ3) is 2.19. The highest BCUT2D eigenvalue weighted by Gasteiger charge is 2.63. The Morgan fingerprint density at radius 2 is 2.20 bits per heavy atom. The van der Waals surface area contributed by atoms with E-state index in [9.17, 15) is 4.79 Å². The fourth-order valence-electron chi connectivity index (χ4n) is 3.81. The molecule has 0 amide bonds. The maximum absolute atomic E-state index is 12.0. The van der Waals surface area contributed by atoms with Crippen LogP contribution in [0.15, 0.2) is 11.6 Å². The predicted molar refractivity (Wildman–Crippen MR) is 74.2 cm³/mol. The van der Waals surface area contributed by atoms with E-state index in [1.54, 1.807) is 7.11 Å². The molecule has 2 saturated heterocycles. The summed E-state index contributed by atoms with van der Waals surface area (Å²) < 4.78 is 17.2. The molecule has 0 saturated carbocycles. The van der Waals surface area contributed by atoms with Gasteiger partial charge in [-0.3, -0.25) is 4.79 Å². The molecule has 3 rings (SSSR count). The van der Waals surface area contributed by atoms with Crippen LogP contribution in [0.4, 0.5) is 0 Å². The SMILES string of the molecule is CO[C@H]1C/C(C)=C/CC[C@@]2(C)O[C@H]2[C@H]2OC(=O)C(C)[C@@H]21. The molecule has 3 aliphatic rings. The van der Waals surface area contributed by atoms with Crippen molar-refractivity contribution < 1.29 is 19.0 Å². The van der Waals surface area contributed by atoms with Crippen molar-refractivity contribution in [2.24, 2.45) is 11.8 Å². The van der Waals surface area contributed by atoms with Crippen LogP contribution in [0, 0.1) is 11.8 Å². The lowest BCUT2D eigenvalue weighted by Gasteiger charge is -2.28. The molecule has 2 aliphatic heterocycles. The van der Waals surface area contributed by atoms with Crippen LogP contribution in [0.2, 0.25) is 0 Å². The molecular weight excluding hydrogens is 256 g/mol. The van der Waals surface area contributed by atoms with Crippen molar-refractivity contribution in [3.8, 4) is 0 Å². The van der Waals surface area contributed by atoms with Gasteiger partial charge in [0.2, 0.25) is 0 Å². The molecule has 1 aliphatic carbocycles. The van der Waals surface area contributed by atoms with Crippen LogP contribution in [0.5, 0.6) is 0 Å². The highest BCUT2D eigenvalue weighted by Crippen LogP contribution is 2.50. The van der Waals surface area contributed by atoms with Gasteiger partial charge in [-0.15, -0.1) is 0 Å². The van der Waals surface area contributed by atoms with Crippen LogP contribution < -0.4 is 0 Å². The van der Waals surface area contributed by atoms with E-state index in [1.165, 1.54) is 5.57 Å². The molecule has 1 unspecified atom stereocenters. The van der Waals surface area contributed by atoms with Gasteiger partial charge in [-0.25, -0.2) is 0 Å². The van der Waals surface area contributed by atoms with E-state index < -0.39 is 0 Å². The van der Waals surface area contributed by atoms with Gasteiger partial charge in [0.1, 0.15) is 12.2 Å². The van der Waals surface area contributed by atoms with Gasteiger partial charge in [0.15, 0.2) is 0 Å². The molecule has 2 fully saturated rings. The lowest BCUT2D eigenvalue weighted by molar-refractivity contribution is -0.144. The Morgan fingerprint density at radius 1 is 1.45 bits per heavy atom. The minimum Gasteiger partial charge on any atom is -0.459 e. The average Bonchev–Trinajstić information content (AvgIpc) is 2.98. The number of epoxide rings is 1. The van der Waals surface area contributed by atoms with Crippen LogP contribution in [0.25, 0.3) is 0 Å². The molecule has 20 heavy (non-hydrogen) atoms. The maximum atomic E-state index is 12.0. The van der Waals surface area contributed by atoms with Crippen LogP contribution in [0.1, 0.15) is 40.0 Å². The molecular formula is C16H24O4. The predicted octanol–water partition coefficient (Wildman–Crippen LogP) is 2.47. The zero-order valence-electron chi connectivity index (χ0n) is 12.7. The quantitative estimate of drug-likeness (QED) is 0.420. The van der Waals surface area contributed by atoms with E-state index >= 15 is 0 Å². The van der Waals surface area contributed by atoms with Gasteiger partial charge < -0.3 is 14.2 Å². The van der Waals surface area contributed by atoms with Gasteiger partial charge in [-0.1, -0.05) is 18.6 Å². The van der Waals surface area contributed by atoms with Gasteiger partial charge in [0.25, 0.3) is 0 Å². The largest absolute Gasteiger partial charge is 0.459 e. The van der Waals surface area contributed by atoms with E-state index in [4.69, 9.17) is 14.2 Å². The molecule has 0 aromatic rings. The first kappa shape index (κ1) is 14.1. The summed E-state index contributed by atoms with van der Waals surface area (Å²) in [5.41, 5.74) is 1.18. The third-order valence-electron chi connectivity index (χ3n) is 5.21. The number of fused-ring (bicyclic) bond motifs is 3. The van der Waals surface area contributed by atoms with Crippen molar-refractivity contribution in [2.45, 2.75) is 63.9 Å². The number of allylic oxidation sites excluding steroid dienone is 1. The summed E-state index contributed by atoms with van der Waals surface area (Å²) in [7, 11) is 1.73. The number of hydrogen-bond donors (Lipinski definition) is 0. The smallest absolute Gasteiger partial charge is 0.309 e. The lowest BCUT2D eigenvalue weighted by Crippen LogP contribution is -2.38. The Balaban J connectivity index is 1.93. The maximum Gasteiger partial charge on any atom is 0.309 e. The minimum absolute atomic E-state index is 0.0178. The molecule has 2 heterocycles. The molecule has 6 atom stereocenters. The highest BCUT2D eigenvalue weighted by molar-refractivity contribution is 5.75. The number of carbonyl (C=O) groups excluding carboxylic acids is 1. The molecule has 0 aromatic carbocycles. The van der Waals surface area contributed by atoms with Crippen molar-refractivity contribution in [3.63, 3.8) is 0 Å². The lowest BCUT2D eigenvalue weighted by atomic mass is 9.79. The standard InChI is InChI=1S/C16H24O4/c1-9-6-5-7-16(3)14(20-16)13-12(11(8-9)18-4)10(2)15(17)19-13/h6,10-14H,5,7-8H2,1-4H3/b9-6+/t10?,11-,12+,13-,14-,16+/m0/s1. The second-order valence-corrected chi connectivity index (χ2v) is 6.69. The molecule has 0 aromatic heterocycles. The summed E-state index contributed by atoms with van der Waals surface area (Å²) in [5, 5.41) is 0. The Kier molecular flexibility index (Phi) is 3.41. The van der Waals surface area contributed by atoms with Crippen LogP contribution in [-0.4, -0.2) is 37.0 Å². The second-order valence-electron chi connectivity index (χ2n) is 6.69. The monoisotopic (exact) mass is 280 g/mol. The number of esters is 1. The summed E-state index contributed by atoms with van der Waals surface area (Å²) in [6.07, 6.45) is 5.03. The molecule has 0 N–H and O–H groups in total. The van der Waals surface area contributed by atoms with Crippen LogP contribution in [-0.2, 0) is 19.0 Å². The zero-order valence-corrected chi connectivity index (χ0v) is 12.7.